The molecular weight excluding hydrogens is 462 g/mol. The van der Waals surface area contributed by atoms with E-state index in [1.54, 1.807) is 42.6 Å². The zero-order valence-corrected chi connectivity index (χ0v) is 21.5. The van der Waals surface area contributed by atoms with Gasteiger partial charge in [0.15, 0.2) is 0 Å². The fourth-order valence-electron chi connectivity index (χ4n) is 3.48. The Morgan fingerprint density at radius 2 is 1.60 bits per heavy atom. The van der Waals surface area contributed by atoms with Crippen LogP contribution in [0.4, 0.5) is 5.69 Å². The van der Waals surface area contributed by atoms with Crippen LogP contribution in [0.2, 0.25) is 0 Å². The molecule has 7 nitrogen and oxygen atoms in total. The number of carbonyl (C=O) groups excluding carboxylic acids is 1. The van der Waals surface area contributed by atoms with Crippen molar-refractivity contribution in [2.24, 2.45) is 5.10 Å². The molecule has 0 atom stereocenters. The maximum absolute atomic E-state index is 13.5. The van der Waals surface area contributed by atoms with E-state index in [0.717, 1.165) is 26.6 Å². The molecule has 0 aliphatic carbocycles. The van der Waals surface area contributed by atoms with E-state index in [-0.39, 0.29) is 4.90 Å². The number of rotatable bonds is 9. The van der Waals surface area contributed by atoms with E-state index in [9.17, 15) is 13.2 Å². The average Bonchev–Trinajstić information content (AvgIpc) is 2.84. The smallest absolute Gasteiger partial charge is 0.264 e. The molecule has 1 amide bonds. The molecule has 3 aromatic carbocycles. The highest BCUT2D eigenvalue weighted by atomic mass is 32.2. The van der Waals surface area contributed by atoms with Gasteiger partial charge in [-0.3, -0.25) is 9.10 Å². The van der Waals surface area contributed by atoms with Crippen molar-refractivity contribution in [2.75, 3.05) is 17.5 Å². The molecule has 0 saturated heterocycles. The summed E-state index contributed by atoms with van der Waals surface area (Å²) in [5, 5.41) is 4.06. The maximum atomic E-state index is 13.5. The Labute approximate surface area is 207 Å². The molecule has 0 aliphatic rings. The average molecular weight is 494 g/mol. The van der Waals surface area contributed by atoms with Gasteiger partial charge in [0.1, 0.15) is 12.3 Å². The van der Waals surface area contributed by atoms with Gasteiger partial charge in [0.2, 0.25) is 0 Å². The number of ether oxygens (including phenoxy) is 1. The molecule has 1 N–H and O–H groups in total. The highest BCUT2D eigenvalue weighted by Gasteiger charge is 2.27. The molecule has 0 saturated carbocycles. The van der Waals surface area contributed by atoms with Crippen LogP contribution in [0.1, 0.15) is 34.7 Å². The Bertz CT molecular complexity index is 1320. The number of aryl methyl sites for hydroxylation is 2. The van der Waals surface area contributed by atoms with Crippen LogP contribution in [-0.4, -0.2) is 33.7 Å². The number of hydrogen-bond donors (Lipinski definition) is 1. The molecule has 0 unspecified atom stereocenters. The summed E-state index contributed by atoms with van der Waals surface area (Å²) in [7, 11) is -4.02. The lowest BCUT2D eigenvalue weighted by Gasteiger charge is -2.24. The normalized spacial score (nSPS) is 11.5. The largest absolute Gasteiger partial charge is 0.494 e. The standard InChI is InChI=1S/C27H31N3O4S/c1-6-34-25-13-15-26(16-14-25)35(32,33)30(24-11-7-19(2)8-12-24)18-27(31)29-28-17-23-10-9-20(3)21(4)22(23)5/h7-17H,6,18H2,1-5H3,(H,29,31). The molecule has 0 radical (unpaired) electrons. The molecule has 0 aliphatic heterocycles. The van der Waals surface area contributed by atoms with E-state index in [1.165, 1.54) is 17.7 Å². The number of nitrogens with one attached hydrogen (secondary N) is 1. The number of amides is 1. The van der Waals surface area contributed by atoms with E-state index in [0.29, 0.717) is 18.0 Å². The van der Waals surface area contributed by atoms with Gasteiger partial charge in [-0.25, -0.2) is 13.8 Å². The second-order valence-electron chi connectivity index (χ2n) is 8.27. The first-order chi connectivity index (χ1) is 16.6. The Morgan fingerprint density at radius 1 is 0.943 bits per heavy atom. The number of sulfonamides is 1. The number of carbonyl (C=O) groups is 1. The molecule has 0 bridgehead atoms. The molecule has 35 heavy (non-hydrogen) atoms. The van der Waals surface area contributed by atoms with E-state index in [2.05, 4.69) is 10.5 Å². The van der Waals surface area contributed by atoms with Crippen LogP contribution < -0.4 is 14.5 Å². The number of nitrogens with zero attached hydrogens (tertiary/aromatic N) is 2. The molecule has 3 rings (SSSR count). The quantitative estimate of drug-likeness (QED) is 0.347. The van der Waals surface area contributed by atoms with Crippen molar-refractivity contribution in [2.45, 2.75) is 39.5 Å². The summed E-state index contributed by atoms with van der Waals surface area (Å²) >= 11 is 0. The van der Waals surface area contributed by atoms with Crippen molar-refractivity contribution in [1.29, 1.82) is 0 Å². The minimum absolute atomic E-state index is 0.0589. The van der Waals surface area contributed by atoms with Crippen LogP contribution in [0.25, 0.3) is 0 Å². The molecule has 0 fully saturated rings. The van der Waals surface area contributed by atoms with Crippen molar-refractivity contribution >= 4 is 27.8 Å². The first-order valence-electron chi connectivity index (χ1n) is 11.3. The summed E-state index contributed by atoms with van der Waals surface area (Å²) in [5.74, 6) is 0.0138. The Hall–Kier alpha value is -3.65. The lowest BCUT2D eigenvalue weighted by atomic mass is 10.00. The third-order valence-corrected chi connectivity index (χ3v) is 7.61. The molecule has 184 valence electrons. The molecule has 8 heteroatoms. The lowest BCUT2D eigenvalue weighted by molar-refractivity contribution is -0.119. The monoisotopic (exact) mass is 493 g/mol. The van der Waals surface area contributed by atoms with Crippen LogP contribution in [0, 0.1) is 27.7 Å². The number of benzene rings is 3. The fourth-order valence-corrected chi connectivity index (χ4v) is 4.91. The fraction of sp³-hybridized carbons (Fsp3) is 0.259. The van der Waals surface area contributed by atoms with Crippen molar-refractivity contribution in [1.82, 2.24) is 5.43 Å². The molecular formula is C27H31N3O4S. The van der Waals surface area contributed by atoms with Gasteiger partial charge in [0, 0.05) is 0 Å². The van der Waals surface area contributed by atoms with Crippen LogP contribution >= 0.6 is 0 Å². The van der Waals surface area contributed by atoms with Gasteiger partial charge in [-0.15, -0.1) is 0 Å². The Balaban J connectivity index is 1.84. The van der Waals surface area contributed by atoms with Crippen LogP contribution in [0.15, 0.2) is 70.7 Å². The topological polar surface area (TPSA) is 88.1 Å². The minimum Gasteiger partial charge on any atom is -0.494 e. The van der Waals surface area contributed by atoms with Crippen molar-refractivity contribution in [3.05, 3.63) is 88.5 Å². The molecule has 0 aromatic heterocycles. The third-order valence-electron chi connectivity index (χ3n) is 5.82. The van der Waals surface area contributed by atoms with Gasteiger partial charge < -0.3 is 4.74 Å². The highest BCUT2D eigenvalue weighted by Crippen LogP contribution is 2.25. The zero-order chi connectivity index (χ0) is 25.6. The second kappa shape index (κ2) is 11.2. The predicted octanol–water partition coefficient (Wildman–Crippen LogP) is 4.66. The van der Waals surface area contributed by atoms with Crippen LogP contribution in [-0.2, 0) is 14.8 Å². The van der Waals surface area contributed by atoms with Gasteiger partial charge in [0.25, 0.3) is 15.9 Å². The second-order valence-corrected chi connectivity index (χ2v) is 10.1. The van der Waals surface area contributed by atoms with Gasteiger partial charge in [0.05, 0.1) is 23.4 Å². The van der Waals surface area contributed by atoms with E-state index < -0.39 is 22.5 Å². The Kier molecular flexibility index (Phi) is 8.30. The van der Waals surface area contributed by atoms with Gasteiger partial charge in [-0.05, 0) is 93.3 Å². The summed E-state index contributed by atoms with van der Waals surface area (Å²) in [6.07, 6.45) is 1.57. The molecule has 0 heterocycles. The van der Waals surface area contributed by atoms with Gasteiger partial charge in [-0.1, -0.05) is 29.8 Å². The summed E-state index contributed by atoms with van der Waals surface area (Å²) in [4.78, 5) is 12.8. The predicted molar refractivity (Wildman–Crippen MR) is 140 cm³/mol. The lowest BCUT2D eigenvalue weighted by Crippen LogP contribution is -2.39. The summed E-state index contributed by atoms with van der Waals surface area (Å²) in [6.45, 7) is 9.87. The number of anilines is 1. The SMILES string of the molecule is CCOc1ccc(S(=O)(=O)N(CC(=O)NN=Cc2ccc(C)c(C)c2C)c2ccc(C)cc2)cc1. The van der Waals surface area contributed by atoms with E-state index in [4.69, 9.17) is 4.74 Å². The summed E-state index contributed by atoms with van der Waals surface area (Å²) in [5.41, 5.74) is 8.11. The zero-order valence-electron chi connectivity index (χ0n) is 20.7. The minimum atomic E-state index is -4.02. The van der Waals surface area contributed by atoms with Gasteiger partial charge in [-0.2, -0.15) is 5.10 Å². The number of hydrazone groups is 1. The van der Waals surface area contributed by atoms with E-state index in [1.807, 2.05) is 46.8 Å². The van der Waals surface area contributed by atoms with Crippen LogP contribution in [0.3, 0.4) is 0 Å². The summed E-state index contributed by atoms with van der Waals surface area (Å²) in [6, 6.07) is 17.0. The molecule has 0 spiro atoms. The van der Waals surface area contributed by atoms with Crippen LogP contribution in [0.5, 0.6) is 5.75 Å². The first kappa shape index (κ1) is 26.0. The van der Waals surface area contributed by atoms with Gasteiger partial charge >= 0.3 is 0 Å². The van der Waals surface area contributed by atoms with Crippen molar-refractivity contribution in [3.63, 3.8) is 0 Å². The summed E-state index contributed by atoms with van der Waals surface area (Å²) < 4.78 is 33.5. The van der Waals surface area contributed by atoms with Crippen molar-refractivity contribution < 1.29 is 17.9 Å². The third kappa shape index (κ3) is 6.27. The Morgan fingerprint density at radius 3 is 2.23 bits per heavy atom. The molecule has 3 aromatic rings. The highest BCUT2D eigenvalue weighted by molar-refractivity contribution is 7.92. The number of hydrogen-bond acceptors (Lipinski definition) is 5. The van der Waals surface area contributed by atoms with E-state index >= 15 is 0 Å². The maximum Gasteiger partial charge on any atom is 0.264 e. The van der Waals surface area contributed by atoms with Crippen molar-refractivity contribution in [3.8, 4) is 5.75 Å². The first-order valence-corrected chi connectivity index (χ1v) is 12.8.